The van der Waals surface area contributed by atoms with Crippen molar-refractivity contribution >= 4 is 17.7 Å². The smallest absolute Gasteiger partial charge is 0.321 e. The van der Waals surface area contributed by atoms with Crippen LogP contribution in [0.3, 0.4) is 0 Å². The Bertz CT molecular complexity index is 288. The van der Waals surface area contributed by atoms with Crippen LogP contribution in [0.15, 0.2) is 5.16 Å². The van der Waals surface area contributed by atoms with Crippen LogP contribution in [0, 0.1) is 0 Å². The molecule has 0 bridgehead atoms. The summed E-state index contributed by atoms with van der Waals surface area (Å²) in [6.45, 7) is 0.660. The number of ether oxygens (including phenoxy) is 2. The van der Waals surface area contributed by atoms with Gasteiger partial charge in [-0.15, -0.1) is 0 Å². The summed E-state index contributed by atoms with van der Waals surface area (Å²) in [4.78, 5) is 12.3. The molecule has 0 aliphatic rings. The van der Waals surface area contributed by atoms with Gasteiger partial charge in [-0.1, -0.05) is 11.8 Å². The van der Waals surface area contributed by atoms with Gasteiger partial charge in [0.15, 0.2) is 5.16 Å². The molecule has 15 heavy (non-hydrogen) atoms. The van der Waals surface area contributed by atoms with Gasteiger partial charge in [-0.25, -0.2) is 0 Å². The van der Waals surface area contributed by atoms with E-state index in [0.717, 1.165) is 5.75 Å². The van der Waals surface area contributed by atoms with Gasteiger partial charge in [0.2, 0.25) is 5.95 Å². The van der Waals surface area contributed by atoms with Crippen LogP contribution in [-0.2, 0) is 4.74 Å². The molecular formula is C8H14N4O2S. The normalized spacial score (nSPS) is 10.1. The molecule has 0 aromatic carbocycles. The number of hydrogen-bond donors (Lipinski definition) is 1. The summed E-state index contributed by atoms with van der Waals surface area (Å²) in [5, 5.41) is 3.47. The largest absolute Gasteiger partial charge is 0.467 e. The standard InChI is InChI=1S/C8H14N4O2S/c1-9-6-10-7(14-3)12-8(11-6)15-5-4-13-2/h4-5H2,1-3H3,(H,9,10,11,12). The van der Waals surface area contributed by atoms with E-state index in [0.29, 0.717) is 23.7 Å². The van der Waals surface area contributed by atoms with E-state index >= 15 is 0 Å². The van der Waals surface area contributed by atoms with Crippen molar-refractivity contribution in [3.8, 4) is 6.01 Å². The molecule has 1 rings (SSSR count). The molecular weight excluding hydrogens is 216 g/mol. The van der Waals surface area contributed by atoms with Crippen LogP contribution in [0.4, 0.5) is 5.95 Å². The predicted octanol–water partition coefficient (Wildman–Crippen LogP) is 0.660. The van der Waals surface area contributed by atoms with Crippen LogP contribution >= 0.6 is 11.8 Å². The van der Waals surface area contributed by atoms with Gasteiger partial charge in [0, 0.05) is 19.9 Å². The van der Waals surface area contributed by atoms with Crippen molar-refractivity contribution in [2.45, 2.75) is 5.16 Å². The van der Waals surface area contributed by atoms with Crippen molar-refractivity contribution in [1.82, 2.24) is 15.0 Å². The number of hydrogen-bond acceptors (Lipinski definition) is 7. The van der Waals surface area contributed by atoms with E-state index in [4.69, 9.17) is 9.47 Å². The van der Waals surface area contributed by atoms with Crippen molar-refractivity contribution in [2.24, 2.45) is 0 Å². The first-order chi connectivity index (χ1) is 7.30. The SMILES string of the molecule is CNc1nc(OC)nc(SCCOC)n1. The number of aromatic nitrogens is 3. The number of nitrogens with zero attached hydrogens (tertiary/aromatic N) is 3. The molecule has 1 heterocycles. The van der Waals surface area contributed by atoms with E-state index in [9.17, 15) is 0 Å². The van der Waals surface area contributed by atoms with Gasteiger partial charge in [0.05, 0.1) is 13.7 Å². The highest BCUT2D eigenvalue weighted by Crippen LogP contribution is 2.16. The molecule has 0 spiro atoms. The Morgan fingerprint density at radius 2 is 2.07 bits per heavy atom. The van der Waals surface area contributed by atoms with E-state index in [1.54, 1.807) is 14.2 Å². The molecule has 0 amide bonds. The van der Waals surface area contributed by atoms with Crippen molar-refractivity contribution < 1.29 is 9.47 Å². The third-order valence-corrected chi connectivity index (χ3v) is 2.33. The molecule has 0 aliphatic heterocycles. The van der Waals surface area contributed by atoms with Crippen LogP contribution in [-0.4, -0.2) is 48.6 Å². The topological polar surface area (TPSA) is 69.2 Å². The lowest BCUT2D eigenvalue weighted by molar-refractivity contribution is 0.218. The number of methoxy groups -OCH3 is 2. The summed E-state index contributed by atoms with van der Waals surface area (Å²) in [5.74, 6) is 1.30. The highest BCUT2D eigenvalue weighted by atomic mass is 32.2. The average Bonchev–Trinajstić information content (AvgIpc) is 2.29. The Morgan fingerprint density at radius 3 is 2.67 bits per heavy atom. The van der Waals surface area contributed by atoms with Crippen LogP contribution in [0.1, 0.15) is 0 Å². The maximum Gasteiger partial charge on any atom is 0.321 e. The highest BCUT2D eigenvalue weighted by molar-refractivity contribution is 7.99. The zero-order valence-electron chi connectivity index (χ0n) is 8.98. The fraction of sp³-hybridized carbons (Fsp3) is 0.625. The van der Waals surface area contributed by atoms with E-state index in [1.807, 2.05) is 0 Å². The lowest BCUT2D eigenvalue weighted by Gasteiger charge is -2.04. The Labute approximate surface area is 92.8 Å². The molecule has 0 saturated carbocycles. The molecule has 84 valence electrons. The third-order valence-electron chi connectivity index (χ3n) is 1.52. The number of anilines is 1. The molecule has 0 fully saturated rings. The Hall–Kier alpha value is -1.08. The van der Waals surface area contributed by atoms with Crippen molar-refractivity contribution in [3.05, 3.63) is 0 Å². The zero-order valence-corrected chi connectivity index (χ0v) is 9.80. The van der Waals surface area contributed by atoms with Crippen LogP contribution in [0.5, 0.6) is 6.01 Å². The van der Waals surface area contributed by atoms with Gasteiger partial charge in [-0.2, -0.15) is 15.0 Å². The van der Waals surface area contributed by atoms with Crippen LogP contribution in [0.25, 0.3) is 0 Å². The highest BCUT2D eigenvalue weighted by Gasteiger charge is 2.05. The van der Waals surface area contributed by atoms with Gasteiger partial charge in [-0.3, -0.25) is 0 Å². The zero-order chi connectivity index (χ0) is 11.1. The second-order valence-electron chi connectivity index (χ2n) is 2.52. The number of nitrogens with one attached hydrogen (secondary N) is 1. The molecule has 1 aromatic heterocycles. The minimum absolute atomic E-state index is 0.314. The third kappa shape index (κ3) is 3.88. The first-order valence-electron chi connectivity index (χ1n) is 4.39. The van der Waals surface area contributed by atoms with Gasteiger partial charge in [0.1, 0.15) is 0 Å². The van der Waals surface area contributed by atoms with Crippen LogP contribution in [0.2, 0.25) is 0 Å². The van der Waals surface area contributed by atoms with E-state index in [1.165, 1.54) is 18.9 Å². The molecule has 0 radical (unpaired) electrons. The Balaban J connectivity index is 2.68. The summed E-state index contributed by atoms with van der Waals surface area (Å²) < 4.78 is 9.89. The first-order valence-corrected chi connectivity index (χ1v) is 5.38. The Kier molecular flexibility index (Phi) is 5.13. The van der Waals surface area contributed by atoms with E-state index in [-0.39, 0.29) is 0 Å². The summed E-state index contributed by atoms with van der Waals surface area (Å²) in [5.41, 5.74) is 0. The fourth-order valence-electron chi connectivity index (χ4n) is 0.822. The maximum absolute atomic E-state index is 4.96. The number of rotatable bonds is 6. The molecule has 0 atom stereocenters. The van der Waals surface area contributed by atoms with Crippen molar-refractivity contribution in [1.29, 1.82) is 0 Å². The van der Waals surface area contributed by atoms with Crippen LogP contribution < -0.4 is 10.1 Å². The predicted molar refractivity (Wildman–Crippen MR) is 58.5 cm³/mol. The summed E-state index contributed by atoms with van der Waals surface area (Å²) >= 11 is 1.50. The van der Waals surface area contributed by atoms with E-state index < -0.39 is 0 Å². The lowest BCUT2D eigenvalue weighted by atomic mass is 10.9. The lowest BCUT2D eigenvalue weighted by Crippen LogP contribution is -2.03. The quantitative estimate of drug-likeness (QED) is 0.568. The van der Waals surface area contributed by atoms with E-state index in [2.05, 4.69) is 20.3 Å². The summed E-state index contributed by atoms with van der Waals surface area (Å²) in [7, 11) is 4.93. The van der Waals surface area contributed by atoms with Gasteiger partial charge < -0.3 is 14.8 Å². The first kappa shape index (κ1) is 12.0. The molecule has 6 nitrogen and oxygen atoms in total. The molecule has 1 aromatic rings. The molecule has 7 heteroatoms. The Morgan fingerprint density at radius 1 is 1.27 bits per heavy atom. The molecule has 0 saturated heterocycles. The number of thioether (sulfide) groups is 1. The maximum atomic E-state index is 4.96. The molecule has 0 aliphatic carbocycles. The van der Waals surface area contributed by atoms with Gasteiger partial charge in [-0.05, 0) is 0 Å². The fourth-order valence-corrected chi connectivity index (χ4v) is 1.55. The summed E-state index contributed by atoms with van der Waals surface area (Å²) in [6.07, 6.45) is 0. The second kappa shape index (κ2) is 6.41. The summed E-state index contributed by atoms with van der Waals surface area (Å²) in [6, 6.07) is 0.314. The second-order valence-corrected chi connectivity index (χ2v) is 3.58. The molecule has 0 unspecified atom stereocenters. The monoisotopic (exact) mass is 230 g/mol. The minimum atomic E-state index is 0.314. The van der Waals surface area contributed by atoms with Gasteiger partial charge >= 0.3 is 6.01 Å². The van der Waals surface area contributed by atoms with Crippen molar-refractivity contribution in [2.75, 3.05) is 38.9 Å². The minimum Gasteiger partial charge on any atom is -0.467 e. The average molecular weight is 230 g/mol. The van der Waals surface area contributed by atoms with Crippen molar-refractivity contribution in [3.63, 3.8) is 0 Å². The van der Waals surface area contributed by atoms with Gasteiger partial charge in [0.25, 0.3) is 0 Å². The molecule has 1 N–H and O–H groups in total.